The largest absolute Gasteiger partial charge is 0.490 e. The van der Waals surface area contributed by atoms with Crippen molar-refractivity contribution in [3.8, 4) is 23.0 Å². The second-order valence-corrected chi connectivity index (χ2v) is 6.22. The number of nitrogens with one attached hydrogen (secondary N) is 1. The van der Waals surface area contributed by atoms with Gasteiger partial charge in [0.25, 0.3) is 0 Å². The number of carbonyl (C=O) groups is 2. The Bertz CT molecular complexity index is 958. The van der Waals surface area contributed by atoms with Crippen molar-refractivity contribution in [1.29, 1.82) is 0 Å². The molecule has 2 aromatic rings. The molecule has 1 N–H and O–H groups in total. The molecular weight excluding hydrogens is 405 g/mol. The smallest absolute Gasteiger partial charge is 0.433 e. The Balaban J connectivity index is 1.86. The molecule has 10 heteroatoms. The summed E-state index contributed by atoms with van der Waals surface area (Å²) in [7, 11) is 1.41. The number of halogens is 3. The number of aromatic nitrogens is 1. The Morgan fingerprint density at radius 1 is 1.30 bits per heavy atom. The molecule has 2 amide bonds. The molecule has 7 nitrogen and oxygen atoms in total. The zero-order chi connectivity index (χ0) is 21.7. The summed E-state index contributed by atoms with van der Waals surface area (Å²) in [5.41, 5.74) is -0.282. The number of methoxy groups -OCH3 is 1. The maximum Gasteiger partial charge on any atom is 0.433 e. The third-order valence-electron chi connectivity index (χ3n) is 4.32. The number of imide groups is 1. The van der Waals surface area contributed by atoms with E-state index in [0.717, 1.165) is 23.9 Å². The van der Waals surface area contributed by atoms with E-state index in [1.807, 2.05) is 5.32 Å². The standard InChI is InChI=1S/C20H17F3N2O5/c1-28-19-15(30-13-3-6-16(24-10-13)20(21,22)23)5-4-14-12(8-9-29-18(14)19)2-7-17(27)25-11-26/h2-7,10-12H,8-9H2,1H3,(H,25,26,27). The molecule has 0 aliphatic carbocycles. The Kier molecular flexibility index (Phi) is 6.24. The van der Waals surface area contributed by atoms with Gasteiger partial charge >= 0.3 is 6.18 Å². The molecule has 158 valence electrons. The molecule has 0 saturated heterocycles. The van der Waals surface area contributed by atoms with Gasteiger partial charge in [0.05, 0.1) is 19.9 Å². The maximum absolute atomic E-state index is 12.7. The Morgan fingerprint density at radius 3 is 2.73 bits per heavy atom. The number of ether oxygens (including phenoxy) is 3. The number of hydrogen-bond acceptors (Lipinski definition) is 6. The van der Waals surface area contributed by atoms with Gasteiger partial charge in [-0.05, 0) is 30.7 Å². The van der Waals surface area contributed by atoms with Gasteiger partial charge in [0.1, 0.15) is 11.4 Å². The Morgan fingerprint density at radius 2 is 2.10 bits per heavy atom. The van der Waals surface area contributed by atoms with Crippen LogP contribution in [0.4, 0.5) is 13.2 Å². The van der Waals surface area contributed by atoms with Crippen molar-refractivity contribution in [2.45, 2.75) is 18.5 Å². The Hall–Kier alpha value is -3.56. The normalized spacial score (nSPS) is 15.8. The summed E-state index contributed by atoms with van der Waals surface area (Å²) in [6.07, 6.45) is 0.247. The molecule has 30 heavy (non-hydrogen) atoms. The van der Waals surface area contributed by atoms with Crippen LogP contribution in [-0.2, 0) is 15.8 Å². The number of benzene rings is 1. The van der Waals surface area contributed by atoms with Crippen LogP contribution in [0.5, 0.6) is 23.0 Å². The molecule has 0 radical (unpaired) electrons. The molecule has 1 aromatic heterocycles. The van der Waals surface area contributed by atoms with E-state index in [4.69, 9.17) is 14.2 Å². The van der Waals surface area contributed by atoms with Gasteiger partial charge in [-0.2, -0.15) is 13.2 Å². The van der Waals surface area contributed by atoms with Gasteiger partial charge < -0.3 is 14.2 Å². The fraction of sp³-hybridized carbons (Fsp3) is 0.250. The number of hydrogen-bond donors (Lipinski definition) is 1. The third kappa shape index (κ3) is 4.70. The first-order valence-corrected chi connectivity index (χ1v) is 8.80. The van der Waals surface area contributed by atoms with Gasteiger partial charge in [0.2, 0.25) is 18.1 Å². The molecule has 0 spiro atoms. The number of allylic oxidation sites excluding steroid dienone is 1. The van der Waals surface area contributed by atoms with Gasteiger partial charge in [-0.3, -0.25) is 14.9 Å². The second kappa shape index (κ2) is 8.85. The predicted molar refractivity (Wildman–Crippen MR) is 98.5 cm³/mol. The molecule has 0 fully saturated rings. The monoisotopic (exact) mass is 422 g/mol. The first-order valence-electron chi connectivity index (χ1n) is 8.80. The van der Waals surface area contributed by atoms with Gasteiger partial charge in [0.15, 0.2) is 11.5 Å². The lowest BCUT2D eigenvalue weighted by molar-refractivity contribution is -0.141. The maximum atomic E-state index is 12.7. The van der Waals surface area contributed by atoms with E-state index < -0.39 is 17.8 Å². The minimum atomic E-state index is -4.54. The lowest BCUT2D eigenvalue weighted by Gasteiger charge is -2.26. The predicted octanol–water partition coefficient (Wildman–Crippen LogP) is 3.60. The summed E-state index contributed by atoms with van der Waals surface area (Å²) in [5, 5.41) is 2.02. The van der Waals surface area contributed by atoms with Crippen LogP contribution in [0.2, 0.25) is 0 Å². The molecule has 0 bridgehead atoms. The summed E-state index contributed by atoms with van der Waals surface area (Å²) in [4.78, 5) is 25.2. The fourth-order valence-corrected chi connectivity index (χ4v) is 2.96. The van der Waals surface area contributed by atoms with Crippen LogP contribution >= 0.6 is 0 Å². The highest BCUT2D eigenvalue weighted by molar-refractivity contribution is 5.94. The van der Waals surface area contributed by atoms with Crippen LogP contribution in [0, 0.1) is 0 Å². The molecule has 1 aliphatic heterocycles. The number of rotatable bonds is 6. The van der Waals surface area contributed by atoms with Gasteiger partial charge in [-0.25, -0.2) is 4.98 Å². The molecule has 1 aromatic carbocycles. The van der Waals surface area contributed by atoms with E-state index >= 15 is 0 Å². The van der Waals surface area contributed by atoms with Crippen molar-refractivity contribution >= 4 is 12.3 Å². The number of fused-ring (bicyclic) bond motifs is 1. The summed E-state index contributed by atoms with van der Waals surface area (Å²) < 4.78 is 54.7. The van der Waals surface area contributed by atoms with Crippen molar-refractivity contribution < 1.29 is 37.0 Å². The highest BCUT2D eigenvalue weighted by atomic mass is 19.4. The van der Waals surface area contributed by atoms with Gasteiger partial charge in [-0.1, -0.05) is 12.1 Å². The van der Waals surface area contributed by atoms with Crippen molar-refractivity contribution in [1.82, 2.24) is 10.3 Å². The van der Waals surface area contributed by atoms with Crippen molar-refractivity contribution in [3.63, 3.8) is 0 Å². The topological polar surface area (TPSA) is 86.8 Å². The van der Waals surface area contributed by atoms with Gasteiger partial charge in [-0.15, -0.1) is 0 Å². The van der Waals surface area contributed by atoms with E-state index in [0.29, 0.717) is 25.2 Å². The van der Waals surface area contributed by atoms with E-state index in [9.17, 15) is 22.8 Å². The molecule has 1 unspecified atom stereocenters. The summed E-state index contributed by atoms with van der Waals surface area (Å²) in [6.45, 7) is 0.346. The van der Waals surface area contributed by atoms with Crippen LogP contribution in [0.3, 0.4) is 0 Å². The number of alkyl halides is 3. The van der Waals surface area contributed by atoms with E-state index in [2.05, 4.69) is 4.98 Å². The zero-order valence-electron chi connectivity index (χ0n) is 15.7. The molecule has 1 atom stereocenters. The lowest BCUT2D eigenvalue weighted by Crippen LogP contribution is -2.19. The second-order valence-electron chi connectivity index (χ2n) is 6.22. The van der Waals surface area contributed by atoms with Crippen LogP contribution in [0.25, 0.3) is 0 Å². The lowest BCUT2D eigenvalue weighted by atomic mass is 9.92. The highest BCUT2D eigenvalue weighted by Gasteiger charge is 2.32. The van der Waals surface area contributed by atoms with Crippen molar-refractivity contribution in [2.24, 2.45) is 0 Å². The first-order chi connectivity index (χ1) is 14.3. The first kappa shape index (κ1) is 21.2. The van der Waals surface area contributed by atoms with Crippen LogP contribution in [0.15, 0.2) is 42.6 Å². The van der Waals surface area contributed by atoms with Gasteiger partial charge in [0, 0.05) is 11.5 Å². The fourth-order valence-electron chi connectivity index (χ4n) is 2.96. The molecular formula is C20H17F3N2O5. The number of nitrogens with zero attached hydrogens (tertiary/aromatic N) is 1. The molecule has 0 saturated carbocycles. The number of amides is 2. The van der Waals surface area contributed by atoms with Crippen LogP contribution < -0.4 is 19.5 Å². The average Bonchev–Trinajstić information content (AvgIpc) is 2.72. The average molecular weight is 422 g/mol. The van der Waals surface area contributed by atoms with Crippen molar-refractivity contribution in [2.75, 3.05) is 13.7 Å². The van der Waals surface area contributed by atoms with E-state index in [1.165, 1.54) is 13.2 Å². The van der Waals surface area contributed by atoms with E-state index in [-0.39, 0.29) is 23.2 Å². The van der Waals surface area contributed by atoms with Crippen molar-refractivity contribution in [3.05, 3.63) is 53.9 Å². The molecule has 2 heterocycles. The Labute approximate surface area is 169 Å². The SMILES string of the molecule is COc1c(Oc2ccc(C(F)(F)F)nc2)ccc2c1OCCC2C=CC(=O)NC=O. The number of carbonyl (C=O) groups excluding carboxylic acids is 2. The number of pyridine rings is 1. The molecule has 3 rings (SSSR count). The zero-order valence-corrected chi connectivity index (χ0v) is 15.7. The quantitative estimate of drug-likeness (QED) is 0.566. The molecule has 1 aliphatic rings. The summed E-state index contributed by atoms with van der Waals surface area (Å²) in [5.74, 6) is 0.302. The minimum absolute atomic E-state index is 0.0963. The summed E-state index contributed by atoms with van der Waals surface area (Å²) >= 11 is 0. The highest BCUT2D eigenvalue weighted by Crippen LogP contribution is 2.47. The van der Waals surface area contributed by atoms with Crippen LogP contribution in [-0.4, -0.2) is 31.0 Å². The minimum Gasteiger partial charge on any atom is -0.490 e. The van der Waals surface area contributed by atoms with Crippen LogP contribution in [0.1, 0.15) is 23.6 Å². The third-order valence-corrected chi connectivity index (χ3v) is 4.32. The van der Waals surface area contributed by atoms with E-state index in [1.54, 1.807) is 18.2 Å². The summed E-state index contributed by atoms with van der Waals surface area (Å²) in [6, 6.07) is 5.29.